The van der Waals surface area contributed by atoms with Gasteiger partial charge in [0.15, 0.2) is 5.82 Å². The lowest BCUT2D eigenvalue weighted by molar-refractivity contribution is 0.488. The lowest BCUT2D eigenvalue weighted by Gasteiger charge is -2.24. The van der Waals surface area contributed by atoms with Gasteiger partial charge in [-0.2, -0.15) is 0 Å². The Bertz CT molecular complexity index is 625. The molecule has 0 aliphatic heterocycles. The third-order valence-electron chi connectivity index (χ3n) is 3.65. The molecule has 5 heteroatoms. The third kappa shape index (κ3) is 2.60. The summed E-state index contributed by atoms with van der Waals surface area (Å²) in [5.74, 6) is 0.296. The van der Waals surface area contributed by atoms with Crippen LogP contribution >= 0.6 is 15.9 Å². The van der Waals surface area contributed by atoms with E-state index < -0.39 is 0 Å². The average Bonchev–Trinajstić information content (AvgIpc) is 2.45. The van der Waals surface area contributed by atoms with Crippen LogP contribution in [-0.2, 0) is 6.42 Å². The molecule has 0 spiro atoms. The second-order valence-corrected chi connectivity index (χ2v) is 5.90. The van der Waals surface area contributed by atoms with Crippen molar-refractivity contribution in [2.45, 2.75) is 25.3 Å². The summed E-state index contributed by atoms with van der Waals surface area (Å²) in [6, 6.07) is 5.06. The first-order chi connectivity index (χ1) is 9.67. The maximum absolute atomic E-state index is 13.5. The fourth-order valence-electron chi connectivity index (χ4n) is 2.67. The lowest BCUT2D eigenvalue weighted by atomic mass is 9.92. The summed E-state index contributed by atoms with van der Waals surface area (Å²) in [6.45, 7) is 0. The van der Waals surface area contributed by atoms with E-state index in [1.807, 2.05) is 19.3 Å². The van der Waals surface area contributed by atoms with Crippen LogP contribution in [0.2, 0.25) is 0 Å². The Kier molecular flexibility index (Phi) is 3.81. The molecule has 0 saturated heterocycles. The van der Waals surface area contributed by atoms with E-state index in [-0.39, 0.29) is 5.82 Å². The molecule has 2 aromatic rings. The highest BCUT2D eigenvalue weighted by molar-refractivity contribution is 9.10. The van der Waals surface area contributed by atoms with E-state index in [0.717, 1.165) is 30.5 Å². The van der Waals surface area contributed by atoms with Crippen molar-refractivity contribution >= 4 is 15.9 Å². The number of rotatable bonds is 2. The van der Waals surface area contributed by atoms with Gasteiger partial charge in [0.2, 0.25) is 0 Å². The highest BCUT2D eigenvalue weighted by atomic mass is 79.9. The summed E-state index contributed by atoms with van der Waals surface area (Å²) in [5, 5.41) is 3.29. The molecule has 1 atom stereocenters. The van der Waals surface area contributed by atoms with E-state index in [1.165, 1.54) is 12.1 Å². The SMILES string of the molecule is CNC1CCCc2nc(-c3cc(F)cc(Br)c3)ncc21. The van der Waals surface area contributed by atoms with Gasteiger partial charge in [-0.15, -0.1) is 0 Å². The van der Waals surface area contributed by atoms with Crippen molar-refractivity contribution in [2.75, 3.05) is 7.05 Å². The molecule has 0 radical (unpaired) electrons. The lowest BCUT2D eigenvalue weighted by Crippen LogP contribution is -2.22. The van der Waals surface area contributed by atoms with Crippen LogP contribution in [0, 0.1) is 5.82 Å². The van der Waals surface area contributed by atoms with Gasteiger partial charge in [-0.05, 0) is 44.5 Å². The standard InChI is InChI=1S/C15H15BrFN3/c1-18-13-3-2-4-14-12(13)8-19-15(20-14)9-5-10(16)7-11(17)6-9/h5-8,13,18H,2-4H2,1H3. The number of fused-ring (bicyclic) bond motifs is 1. The molecule has 1 aromatic heterocycles. The number of nitrogens with zero attached hydrogens (tertiary/aromatic N) is 2. The normalized spacial score (nSPS) is 17.9. The minimum Gasteiger partial charge on any atom is -0.313 e. The van der Waals surface area contributed by atoms with Crippen LogP contribution in [0.3, 0.4) is 0 Å². The summed E-state index contributed by atoms with van der Waals surface area (Å²) < 4.78 is 14.2. The Morgan fingerprint density at radius 2 is 2.20 bits per heavy atom. The smallest absolute Gasteiger partial charge is 0.159 e. The average molecular weight is 336 g/mol. The molecular formula is C15H15BrFN3. The Morgan fingerprint density at radius 3 is 2.95 bits per heavy atom. The Balaban J connectivity index is 2.04. The molecule has 3 rings (SSSR count). The molecule has 0 bridgehead atoms. The van der Waals surface area contributed by atoms with Gasteiger partial charge in [0.25, 0.3) is 0 Å². The molecule has 1 heterocycles. The summed E-state index contributed by atoms with van der Waals surface area (Å²) in [5.41, 5.74) is 2.94. The molecule has 3 nitrogen and oxygen atoms in total. The van der Waals surface area contributed by atoms with Gasteiger partial charge in [-0.3, -0.25) is 0 Å². The minimum absolute atomic E-state index is 0.288. The van der Waals surface area contributed by atoms with E-state index in [4.69, 9.17) is 0 Å². The summed E-state index contributed by atoms with van der Waals surface area (Å²) in [6.07, 6.45) is 5.05. The molecule has 0 fully saturated rings. The van der Waals surface area contributed by atoms with Gasteiger partial charge in [0, 0.05) is 33.5 Å². The second-order valence-electron chi connectivity index (χ2n) is 4.99. The van der Waals surface area contributed by atoms with Crippen LogP contribution in [0.5, 0.6) is 0 Å². The maximum Gasteiger partial charge on any atom is 0.159 e. The molecule has 0 amide bonds. The Labute approximate surface area is 125 Å². The van der Waals surface area contributed by atoms with Gasteiger partial charge in [-0.25, -0.2) is 14.4 Å². The van der Waals surface area contributed by atoms with E-state index >= 15 is 0 Å². The second kappa shape index (κ2) is 5.58. The molecule has 0 saturated carbocycles. The van der Waals surface area contributed by atoms with Crippen molar-refractivity contribution in [2.24, 2.45) is 0 Å². The number of hydrogen-bond donors (Lipinski definition) is 1. The molecule has 1 aliphatic carbocycles. The predicted octanol–water partition coefficient (Wildman–Crippen LogP) is 3.64. The molecule has 1 N–H and O–H groups in total. The van der Waals surface area contributed by atoms with Crippen LogP contribution in [0.4, 0.5) is 4.39 Å². The van der Waals surface area contributed by atoms with Gasteiger partial charge in [-0.1, -0.05) is 15.9 Å². The van der Waals surface area contributed by atoms with E-state index in [1.54, 1.807) is 0 Å². The number of hydrogen-bond acceptors (Lipinski definition) is 3. The monoisotopic (exact) mass is 335 g/mol. The van der Waals surface area contributed by atoms with E-state index in [9.17, 15) is 4.39 Å². The van der Waals surface area contributed by atoms with Crippen LogP contribution in [0.15, 0.2) is 28.9 Å². The maximum atomic E-state index is 13.5. The van der Waals surface area contributed by atoms with Gasteiger partial charge in [0.1, 0.15) is 5.82 Å². The van der Waals surface area contributed by atoms with Crippen molar-refractivity contribution < 1.29 is 4.39 Å². The van der Waals surface area contributed by atoms with Crippen LogP contribution in [-0.4, -0.2) is 17.0 Å². The molecule has 1 unspecified atom stereocenters. The Morgan fingerprint density at radius 1 is 1.35 bits per heavy atom. The van der Waals surface area contributed by atoms with Crippen molar-refractivity contribution in [1.82, 2.24) is 15.3 Å². The fraction of sp³-hybridized carbons (Fsp3) is 0.333. The van der Waals surface area contributed by atoms with Gasteiger partial charge in [0.05, 0.1) is 0 Å². The van der Waals surface area contributed by atoms with Crippen LogP contribution in [0.1, 0.15) is 30.1 Å². The molecule has 104 valence electrons. The largest absolute Gasteiger partial charge is 0.313 e. The van der Waals surface area contributed by atoms with Gasteiger partial charge >= 0.3 is 0 Å². The minimum atomic E-state index is -0.288. The van der Waals surface area contributed by atoms with Gasteiger partial charge < -0.3 is 5.32 Å². The van der Waals surface area contributed by atoms with Crippen molar-refractivity contribution in [3.8, 4) is 11.4 Å². The zero-order chi connectivity index (χ0) is 14.1. The summed E-state index contributed by atoms with van der Waals surface area (Å²) in [4.78, 5) is 9.03. The third-order valence-corrected chi connectivity index (χ3v) is 4.11. The highest BCUT2D eigenvalue weighted by Gasteiger charge is 2.21. The number of benzene rings is 1. The first-order valence-corrected chi connectivity index (χ1v) is 7.46. The zero-order valence-corrected chi connectivity index (χ0v) is 12.7. The molecule has 1 aromatic carbocycles. The van der Waals surface area contributed by atoms with Crippen LogP contribution < -0.4 is 5.32 Å². The fourth-order valence-corrected chi connectivity index (χ4v) is 3.13. The van der Waals surface area contributed by atoms with Crippen molar-refractivity contribution in [3.05, 3.63) is 45.9 Å². The van der Waals surface area contributed by atoms with Crippen molar-refractivity contribution in [3.63, 3.8) is 0 Å². The van der Waals surface area contributed by atoms with Crippen LogP contribution in [0.25, 0.3) is 11.4 Å². The van der Waals surface area contributed by atoms with E-state index in [0.29, 0.717) is 21.9 Å². The molecule has 20 heavy (non-hydrogen) atoms. The first kappa shape index (κ1) is 13.6. The zero-order valence-electron chi connectivity index (χ0n) is 11.2. The number of halogens is 2. The van der Waals surface area contributed by atoms with Crippen molar-refractivity contribution in [1.29, 1.82) is 0 Å². The Hall–Kier alpha value is -1.33. The number of aromatic nitrogens is 2. The topological polar surface area (TPSA) is 37.8 Å². The highest BCUT2D eigenvalue weighted by Crippen LogP contribution is 2.30. The molecule has 1 aliphatic rings. The molecular weight excluding hydrogens is 321 g/mol. The van der Waals surface area contributed by atoms with E-state index in [2.05, 4.69) is 31.2 Å². The first-order valence-electron chi connectivity index (χ1n) is 6.67. The summed E-state index contributed by atoms with van der Waals surface area (Å²) in [7, 11) is 1.96. The number of nitrogens with one attached hydrogen (secondary N) is 1. The summed E-state index contributed by atoms with van der Waals surface area (Å²) >= 11 is 3.30. The number of aryl methyl sites for hydroxylation is 1. The quantitative estimate of drug-likeness (QED) is 0.910. The predicted molar refractivity (Wildman–Crippen MR) is 79.9 cm³/mol.